The molecule has 2 N–H and O–H groups in total. The molecule has 8 heteroatoms. The second kappa shape index (κ2) is 9.98. The molecule has 0 aliphatic carbocycles. The van der Waals surface area contributed by atoms with E-state index in [2.05, 4.69) is 32.9 Å². The van der Waals surface area contributed by atoms with E-state index in [1.54, 1.807) is 18.3 Å². The molecule has 1 heterocycles. The van der Waals surface area contributed by atoms with Gasteiger partial charge in [0, 0.05) is 29.4 Å². The first-order chi connectivity index (χ1) is 10.5. The fourth-order valence-corrected chi connectivity index (χ4v) is 1.83. The summed E-state index contributed by atoms with van der Waals surface area (Å²) in [5, 5.41) is 11.6. The minimum Gasteiger partial charge on any atom is -0.476 e. The summed E-state index contributed by atoms with van der Waals surface area (Å²) in [5.41, 5.74) is 0. The van der Waals surface area contributed by atoms with Crippen molar-refractivity contribution in [3.05, 3.63) is 34.1 Å². The molecular formula is C14H18IN3O4. The van der Waals surface area contributed by atoms with E-state index in [-0.39, 0.29) is 19.1 Å². The predicted octanol–water partition coefficient (Wildman–Crippen LogP) is 1.74. The normalized spacial score (nSPS) is 10.5. The molecule has 0 saturated carbocycles. The average molecular weight is 419 g/mol. The third kappa shape index (κ3) is 7.25. The smallest absolute Gasteiger partial charge is 0.407 e. The standard InChI is InChI=1S/C14H18IN3O4/c1-16-12(19)4-2-3-7-18(14(20)21)8-9-22-13-6-5-11(15)10-17-13/h2,4-6,10H,3,7-9H2,1H3,(H,16,19)(H,20,21)/b4-2+. The van der Waals surface area contributed by atoms with Crippen LogP contribution in [0.3, 0.4) is 0 Å². The lowest BCUT2D eigenvalue weighted by atomic mass is 10.3. The van der Waals surface area contributed by atoms with Crippen molar-refractivity contribution in [3.8, 4) is 5.88 Å². The maximum Gasteiger partial charge on any atom is 0.407 e. The van der Waals surface area contributed by atoms with Crippen molar-refractivity contribution in [3.63, 3.8) is 0 Å². The lowest BCUT2D eigenvalue weighted by Crippen LogP contribution is -2.34. The summed E-state index contributed by atoms with van der Waals surface area (Å²) < 4.78 is 6.40. The highest BCUT2D eigenvalue weighted by Gasteiger charge is 2.10. The number of carbonyl (C=O) groups excluding carboxylic acids is 1. The van der Waals surface area contributed by atoms with Gasteiger partial charge in [0.2, 0.25) is 11.8 Å². The van der Waals surface area contributed by atoms with E-state index >= 15 is 0 Å². The largest absolute Gasteiger partial charge is 0.476 e. The summed E-state index contributed by atoms with van der Waals surface area (Å²) in [7, 11) is 1.53. The quantitative estimate of drug-likeness (QED) is 0.495. The first kappa shape index (κ1) is 18.2. The van der Waals surface area contributed by atoms with Crippen LogP contribution >= 0.6 is 22.6 Å². The zero-order valence-electron chi connectivity index (χ0n) is 12.2. The molecule has 0 radical (unpaired) electrons. The van der Waals surface area contributed by atoms with Gasteiger partial charge in [-0.1, -0.05) is 6.08 Å². The molecule has 0 aliphatic heterocycles. The Bertz CT molecular complexity index is 519. The Morgan fingerprint density at radius 3 is 2.82 bits per heavy atom. The van der Waals surface area contributed by atoms with Crippen LogP contribution in [0.5, 0.6) is 5.88 Å². The third-order valence-corrected chi connectivity index (χ3v) is 3.30. The highest BCUT2D eigenvalue weighted by molar-refractivity contribution is 14.1. The Labute approximate surface area is 142 Å². The second-order valence-corrected chi connectivity index (χ2v) is 5.48. The van der Waals surface area contributed by atoms with Crippen molar-refractivity contribution in [1.82, 2.24) is 15.2 Å². The molecule has 0 bridgehead atoms. The van der Waals surface area contributed by atoms with E-state index in [1.807, 2.05) is 6.07 Å². The van der Waals surface area contributed by atoms with Crippen LogP contribution in [-0.2, 0) is 4.79 Å². The zero-order chi connectivity index (χ0) is 16.4. The number of carbonyl (C=O) groups is 2. The predicted molar refractivity (Wildman–Crippen MR) is 89.9 cm³/mol. The van der Waals surface area contributed by atoms with Gasteiger partial charge < -0.3 is 20.1 Å². The van der Waals surface area contributed by atoms with Crippen LogP contribution in [0, 0.1) is 3.57 Å². The molecule has 22 heavy (non-hydrogen) atoms. The molecule has 1 aromatic rings. The molecule has 0 unspecified atom stereocenters. The van der Waals surface area contributed by atoms with Crippen LogP contribution in [0.4, 0.5) is 4.79 Å². The van der Waals surface area contributed by atoms with Gasteiger partial charge >= 0.3 is 6.09 Å². The monoisotopic (exact) mass is 419 g/mol. The fraction of sp³-hybridized carbons (Fsp3) is 0.357. The zero-order valence-corrected chi connectivity index (χ0v) is 14.3. The Balaban J connectivity index is 2.34. The van der Waals surface area contributed by atoms with Gasteiger partial charge in [-0.25, -0.2) is 9.78 Å². The summed E-state index contributed by atoms with van der Waals surface area (Å²) in [6, 6.07) is 3.60. The van der Waals surface area contributed by atoms with Crippen molar-refractivity contribution in [2.45, 2.75) is 6.42 Å². The van der Waals surface area contributed by atoms with E-state index < -0.39 is 6.09 Å². The Hall–Kier alpha value is -1.84. The summed E-state index contributed by atoms with van der Waals surface area (Å²) in [6.45, 7) is 0.752. The number of pyridine rings is 1. The Morgan fingerprint density at radius 2 is 2.23 bits per heavy atom. The van der Waals surface area contributed by atoms with E-state index in [1.165, 1.54) is 18.0 Å². The number of amides is 2. The van der Waals surface area contributed by atoms with Gasteiger partial charge in [0.25, 0.3) is 0 Å². The summed E-state index contributed by atoms with van der Waals surface area (Å²) >= 11 is 2.14. The molecular weight excluding hydrogens is 401 g/mol. The number of hydrogen-bond acceptors (Lipinski definition) is 4. The minimum absolute atomic E-state index is 0.213. The Kier molecular flexibility index (Phi) is 8.26. The highest BCUT2D eigenvalue weighted by atomic mass is 127. The van der Waals surface area contributed by atoms with Crippen LogP contribution in [0.15, 0.2) is 30.5 Å². The number of rotatable bonds is 8. The van der Waals surface area contributed by atoms with Crippen LogP contribution in [0.25, 0.3) is 0 Å². The number of likely N-dealkylation sites (N-methyl/N-ethyl adjacent to an activating group) is 1. The van der Waals surface area contributed by atoms with E-state index in [4.69, 9.17) is 9.84 Å². The maximum atomic E-state index is 11.1. The molecule has 0 aromatic carbocycles. The van der Waals surface area contributed by atoms with Gasteiger partial charge in [-0.15, -0.1) is 0 Å². The SMILES string of the molecule is CNC(=O)/C=C/CCN(CCOc1ccc(I)cn1)C(=O)O. The topological polar surface area (TPSA) is 91.8 Å². The Morgan fingerprint density at radius 1 is 1.45 bits per heavy atom. The molecule has 1 rings (SSSR count). The fourth-order valence-electron chi connectivity index (χ4n) is 1.52. The molecule has 0 saturated heterocycles. The number of carboxylic acid groups (broad SMARTS) is 1. The first-order valence-corrected chi connectivity index (χ1v) is 7.71. The third-order valence-electron chi connectivity index (χ3n) is 2.66. The van der Waals surface area contributed by atoms with Crippen molar-refractivity contribution >= 4 is 34.6 Å². The van der Waals surface area contributed by atoms with E-state index in [9.17, 15) is 9.59 Å². The number of aromatic nitrogens is 1. The molecule has 0 spiro atoms. The van der Waals surface area contributed by atoms with Gasteiger partial charge in [-0.3, -0.25) is 4.79 Å². The molecule has 120 valence electrons. The first-order valence-electron chi connectivity index (χ1n) is 6.63. The highest BCUT2D eigenvalue weighted by Crippen LogP contribution is 2.09. The van der Waals surface area contributed by atoms with Gasteiger partial charge in [-0.2, -0.15) is 0 Å². The van der Waals surface area contributed by atoms with Crippen molar-refractivity contribution in [1.29, 1.82) is 0 Å². The lowest BCUT2D eigenvalue weighted by molar-refractivity contribution is -0.116. The van der Waals surface area contributed by atoms with Gasteiger partial charge in [-0.05, 0) is 41.2 Å². The van der Waals surface area contributed by atoms with E-state index in [0.29, 0.717) is 18.8 Å². The number of nitrogens with one attached hydrogen (secondary N) is 1. The van der Waals surface area contributed by atoms with Crippen molar-refractivity contribution in [2.24, 2.45) is 0 Å². The molecule has 0 aliphatic rings. The lowest BCUT2D eigenvalue weighted by Gasteiger charge is -2.18. The average Bonchev–Trinajstić information content (AvgIpc) is 2.50. The van der Waals surface area contributed by atoms with Crippen LogP contribution in [-0.4, -0.2) is 53.7 Å². The second-order valence-electron chi connectivity index (χ2n) is 4.24. The van der Waals surface area contributed by atoms with Gasteiger partial charge in [0.1, 0.15) is 6.61 Å². The molecule has 7 nitrogen and oxygen atoms in total. The maximum absolute atomic E-state index is 11.1. The molecule has 0 fully saturated rings. The minimum atomic E-state index is -1.02. The number of hydrogen-bond donors (Lipinski definition) is 2. The summed E-state index contributed by atoms with van der Waals surface area (Å²) in [6.07, 6.45) is 4.13. The molecule has 2 amide bonds. The molecule has 0 atom stereocenters. The van der Waals surface area contributed by atoms with Crippen LogP contribution in [0.1, 0.15) is 6.42 Å². The summed E-state index contributed by atoms with van der Waals surface area (Å²) in [5.74, 6) is 0.250. The van der Waals surface area contributed by atoms with Crippen molar-refractivity contribution < 1.29 is 19.4 Å². The number of ether oxygens (including phenoxy) is 1. The summed E-state index contributed by atoms with van der Waals surface area (Å²) in [4.78, 5) is 27.4. The van der Waals surface area contributed by atoms with Crippen molar-refractivity contribution in [2.75, 3.05) is 26.7 Å². The van der Waals surface area contributed by atoms with Crippen LogP contribution in [0.2, 0.25) is 0 Å². The van der Waals surface area contributed by atoms with Gasteiger partial charge in [0.15, 0.2) is 0 Å². The van der Waals surface area contributed by atoms with E-state index in [0.717, 1.165) is 3.57 Å². The van der Waals surface area contributed by atoms with Crippen LogP contribution < -0.4 is 10.1 Å². The molecule has 1 aromatic heterocycles. The number of nitrogens with zero attached hydrogens (tertiary/aromatic N) is 2. The van der Waals surface area contributed by atoms with Gasteiger partial charge in [0.05, 0.1) is 6.54 Å². The number of halogens is 1.